The Labute approximate surface area is 167 Å². The SMILES string of the molecule is Cc1cccc(P(Cl)(CCCO)(c2cccc(C)c2)c2cccc(C)c2)c1. The number of rotatable bonds is 6. The molecule has 1 nitrogen and oxygen atoms in total. The molecule has 0 bridgehead atoms. The molecule has 0 saturated carbocycles. The number of hydrogen-bond acceptors (Lipinski definition) is 1. The normalized spacial score (nSPS) is 13.1. The summed E-state index contributed by atoms with van der Waals surface area (Å²) in [6, 6.07) is 25.8. The van der Waals surface area contributed by atoms with Crippen LogP contribution in [-0.2, 0) is 0 Å². The minimum absolute atomic E-state index is 0.133. The Bertz CT molecular complexity index is 837. The summed E-state index contributed by atoms with van der Waals surface area (Å²) in [5, 5.41) is 13.2. The van der Waals surface area contributed by atoms with E-state index in [1.54, 1.807) is 0 Å². The van der Waals surface area contributed by atoms with Crippen molar-refractivity contribution < 1.29 is 5.11 Å². The fourth-order valence-electron chi connectivity index (χ4n) is 3.96. The molecule has 142 valence electrons. The Morgan fingerprint density at radius 2 is 1.07 bits per heavy atom. The Morgan fingerprint density at radius 1 is 0.704 bits per heavy atom. The molecule has 0 amide bonds. The average Bonchev–Trinajstić information content (AvgIpc) is 2.66. The molecule has 0 aliphatic heterocycles. The van der Waals surface area contributed by atoms with Crippen LogP contribution in [0.1, 0.15) is 23.1 Å². The fourth-order valence-corrected chi connectivity index (χ4v) is 10.3. The van der Waals surface area contributed by atoms with Crippen molar-refractivity contribution >= 4 is 33.1 Å². The molecule has 1 N–H and O–H groups in total. The zero-order chi connectivity index (χ0) is 19.5. The van der Waals surface area contributed by atoms with Crippen molar-refractivity contribution in [3.63, 3.8) is 0 Å². The summed E-state index contributed by atoms with van der Waals surface area (Å²) in [4.78, 5) is 0. The summed E-state index contributed by atoms with van der Waals surface area (Å²) in [7, 11) is 0. The second kappa shape index (κ2) is 7.76. The summed E-state index contributed by atoms with van der Waals surface area (Å²) >= 11 is 7.99. The van der Waals surface area contributed by atoms with Crippen LogP contribution in [-0.4, -0.2) is 17.9 Å². The molecule has 0 aliphatic carbocycles. The van der Waals surface area contributed by atoms with E-state index in [0.717, 1.165) is 6.16 Å². The predicted octanol–water partition coefficient (Wildman–Crippen LogP) is 4.98. The zero-order valence-corrected chi connectivity index (χ0v) is 18.0. The van der Waals surface area contributed by atoms with Crippen LogP contribution in [0.15, 0.2) is 72.8 Å². The number of aliphatic hydroxyl groups is 1. The van der Waals surface area contributed by atoms with Crippen molar-refractivity contribution in [1.29, 1.82) is 0 Å². The fraction of sp³-hybridized carbons (Fsp3) is 0.250. The van der Waals surface area contributed by atoms with Crippen molar-refractivity contribution in [2.24, 2.45) is 0 Å². The van der Waals surface area contributed by atoms with Crippen LogP contribution in [0.3, 0.4) is 0 Å². The average molecular weight is 399 g/mol. The number of halogens is 1. The molecule has 0 heterocycles. The van der Waals surface area contributed by atoms with Crippen LogP contribution in [0.5, 0.6) is 0 Å². The molecule has 3 aromatic carbocycles. The molecule has 3 rings (SSSR count). The summed E-state index contributed by atoms with van der Waals surface area (Å²) in [6.07, 6.45) is 1.40. The van der Waals surface area contributed by atoms with Crippen molar-refractivity contribution in [3.8, 4) is 0 Å². The molecule has 0 aliphatic rings. The zero-order valence-electron chi connectivity index (χ0n) is 16.3. The van der Waals surface area contributed by atoms with Gasteiger partial charge in [0.15, 0.2) is 0 Å². The van der Waals surface area contributed by atoms with Gasteiger partial charge in [-0.25, -0.2) is 0 Å². The maximum absolute atomic E-state index is 9.71. The molecule has 0 fully saturated rings. The molecular weight excluding hydrogens is 371 g/mol. The van der Waals surface area contributed by atoms with E-state index in [0.29, 0.717) is 6.42 Å². The van der Waals surface area contributed by atoms with E-state index in [1.165, 1.54) is 32.6 Å². The van der Waals surface area contributed by atoms with Gasteiger partial charge in [-0.15, -0.1) is 0 Å². The van der Waals surface area contributed by atoms with Gasteiger partial charge in [-0.3, -0.25) is 0 Å². The van der Waals surface area contributed by atoms with E-state index in [4.69, 9.17) is 11.2 Å². The molecule has 3 heteroatoms. The van der Waals surface area contributed by atoms with E-state index in [2.05, 4.69) is 93.6 Å². The van der Waals surface area contributed by atoms with Gasteiger partial charge in [0, 0.05) is 0 Å². The van der Waals surface area contributed by atoms with E-state index >= 15 is 0 Å². The van der Waals surface area contributed by atoms with Gasteiger partial charge in [0.25, 0.3) is 0 Å². The first-order valence-corrected chi connectivity index (χ1v) is 12.8. The van der Waals surface area contributed by atoms with Crippen LogP contribution in [0, 0.1) is 20.8 Å². The van der Waals surface area contributed by atoms with Gasteiger partial charge in [-0.2, -0.15) is 0 Å². The van der Waals surface area contributed by atoms with Crippen molar-refractivity contribution in [3.05, 3.63) is 89.5 Å². The van der Waals surface area contributed by atoms with Gasteiger partial charge in [0.05, 0.1) is 0 Å². The molecule has 0 atom stereocenters. The first-order valence-electron chi connectivity index (χ1n) is 9.44. The number of benzene rings is 3. The van der Waals surface area contributed by atoms with Crippen LogP contribution in [0.25, 0.3) is 0 Å². The monoisotopic (exact) mass is 398 g/mol. The second-order valence-electron chi connectivity index (χ2n) is 7.50. The molecular formula is C24H28ClOP. The number of aryl methyl sites for hydroxylation is 3. The quantitative estimate of drug-likeness (QED) is 0.581. The third-order valence-corrected chi connectivity index (χ3v) is 12.8. The Kier molecular flexibility index (Phi) is 5.77. The third kappa shape index (κ3) is 3.57. The number of aliphatic hydroxyl groups excluding tert-OH is 1. The van der Waals surface area contributed by atoms with Gasteiger partial charge >= 0.3 is 168 Å². The summed E-state index contributed by atoms with van der Waals surface area (Å²) in [6.45, 7) is 6.47. The van der Waals surface area contributed by atoms with Gasteiger partial charge in [0.1, 0.15) is 0 Å². The van der Waals surface area contributed by atoms with Crippen LogP contribution in [0.2, 0.25) is 0 Å². The van der Waals surface area contributed by atoms with Crippen LogP contribution in [0.4, 0.5) is 0 Å². The molecule has 0 unspecified atom stereocenters. The molecule has 0 saturated heterocycles. The first kappa shape index (κ1) is 20.1. The van der Waals surface area contributed by atoms with Crippen molar-refractivity contribution in [2.75, 3.05) is 12.8 Å². The van der Waals surface area contributed by atoms with E-state index in [1.807, 2.05) is 0 Å². The van der Waals surface area contributed by atoms with Crippen LogP contribution >= 0.6 is 17.2 Å². The maximum atomic E-state index is 9.71. The van der Waals surface area contributed by atoms with Gasteiger partial charge < -0.3 is 0 Å². The standard InChI is InChI=1S/C24H28ClOP/c1-19-8-4-11-22(16-19)27(25,15-7-14-26,23-12-5-9-20(2)17-23)24-13-6-10-21(3)18-24/h4-6,8-13,16-18,26H,7,14-15H2,1-3H3. The van der Waals surface area contributed by atoms with Gasteiger partial charge in [0.2, 0.25) is 0 Å². The summed E-state index contributed by atoms with van der Waals surface area (Å²) in [5.74, 6) is -3.24. The van der Waals surface area contributed by atoms with Crippen molar-refractivity contribution in [2.45, 2.75) is 27.2 Å². The molecule has 0 aromatic heterocycles. The van der Waals surface area contributed by atoms with E-state index < -0.39 is 5.96 Å². The minimum atomic E-state index is -3.24. The van der Waals surface area contributed by atoms with E-state index in [9.17, 15) is 5.11 Å². The van der Waals surface area contributed by atoms with Gasteiger partial charge in [-0.1, -0.05) is 0 Å². The molecule has 3 aromatic rings. The van der Waals surface area contributed by atoms with E-state index in [-0.39, 0.29) is 6.61 Å². The predicted molar refractivity (Wildman–Crippen MR) is 122 cm³/mol. The Balaban J connectivity index is 2.45. The first-order chi connectivity index (χ1) is 12.9. The number of hydrogen-bond donors (Lipinski definition) is 1. The summed E-state index contributed by atoms with van der Waals surface area (Å²) in [5.41, 5.74) is 3.60. The Morgan fingerprint density at radius 3 is 1.37 bits per heavy atom. The van der Waals surface area contributed by atoms with Crippen molar-refractivity contribution in [1.82, 2.24) is 0 Å². The Hall–Kier alpha value is -1.66. The van der Waals surface area contributed by atoms with Gasteiger partial charge in [-0.05, 0) is 0 Å². The topological polar surface area (TPSA) is 20.2 Å². The molecule has 27 heavy (non-hydrogen) atoms. The second-order valence-corrected chi connectivity index (χ2v) is 14.1. The molecule has 0 spiro atoms. The summed E-state index contributed by atoms with van der Waals surface area (Å²) < 4.78 is 0. The third-order valence-electron chi connectivity index (χ3n) is 5.36. The molecule has 0 radical (unpaired) electrons. The van der Waals surface area contributed by atoms with Crippen LogP contribution < -0.4 is 15.9 Å².